The Hall–Kier alpha value is -0.930. The molecule has 2 unspecified atom stereocenters. The van der Waals surface area contributed by atoms with E-state index >= 15 is 0 Å². The second-order valence-electron chi connectivity index (χ2n) is 6.73. The first kappa shape index (κ1) is 14.5. The van der Waals surface area contributed by atoms with Crippen molar-refractivity contribution in [3.63, 3.8) is 0 Å². The number of fused-ring (bicyclic) bond motifs is 1. The Morgan fingerprint density at radius 2 is 2.16 bits per heavy atom. The summed E-state index contributed by atoms with van der Waals surface area (Å²) < 4.78 is 13.6. The molecule has 1 aromatic carbocycles. The standard InChI is InChI=1S/C16H24FNO/c1-16(2,3)9-11(19)10-18-15-8-7-12-13(15)5-4-6-14(12)17/h4-6,11,15,18-19H,7-10H2,1-3H3. The molecule has 0 saturated carbocycles. The van der Waals surface area contributed by atoms with E-state index in [2.05, 4.69) is 26.1 Å². The van der Waals surface area contributed by atoms with Crippen LogP contribution >= 0.6 is 0 Å². The van der Waals surface area contributed by atoms with Crippen molar-refractivity contribution < 1.29 is 9.50 Å². The molecule has 1 aliphatic carbocycles. The fourth-order valence-electron chi connectivity index (χ4n) is 2.88. The van der Waals surface area contributed by atoms with Crippen LogP contribution in [0.25, 0.3) is 0 Å². The maximum atomic E-state index is 13.6. The van der Waals surface area contributed by atoms with Gasteiger partial charge in [0.2, 0.25) is 0 Å². The first-order valence-corrected chi connectivity index (χ1v) is 7.05. The average molecular weight is 265 g/mol. The van der Waals surface area contributed by atoms with Crippen LogP contribution in [0.2, 0.25) is 0 Å². The fourth-order valence-corrected chi connectivity index (χ4v) is 2.88. The number of aliphatic hydroxyl groups is 1. The predicted octanol–water partition coefficient (Wildman–Crippen LogP) is 3.20. The van der Waals surface area contributed by atoms with Crippen molar-refractivity contribution in [2.75, 3.05) is 6.54 Å². The normalized spacial score (nSPS) is 20.4. The molecule has 0 bridgehead atoms. The van der Waals surface area contributed by atoms with Gasteiger partial charge in [0.15, 0.2) is 0 Å². The van der Waals surface area contributed by atoms with Crippen molar-refractivity contribution in [2.45, 2.75) is 52.2 Å². The summed E-state index contributed by atoms with van der Waals surface area (Å²) >= 11 is 0. The molecule has 0 spiro atoms. The fraction of sp³-hybridized carbons (Fsp3) is 0.625. The summed E-state index contributed by atoms with van der Waals surface area (Å²) in [6.07, 6.45) is 2.12. The topological polar surface area (TPSA) is 32.3 Å². The van der Waals surface area contributed by atoms with Gasteiger partial charge in [-0.1, -0.05) is 32.9 Å². The third-order valence-corrected chi connectivity index (χ3v) is 3.66. The molecule has 0 aromatic heterocycles. The van der Waals surface area contributed by atoms with Crippen molar-refractivity contribution in [3.05, 3.63) is 35.1 Å². The third-order valence-electron chi connectivity index (χ3n) is 3.66. The van der Waals surface area contributed by atoms with E-state index < -0.39 is 0 Å². The van der Waals surface area contributed by atoms with Gasteiger partial charge in [-0.3, -0.25) is 0 Å². The monoisotopic (exact) mass is 265 g/mol. The molecule has 0 heterocycles. The van der Waals surface area contributed by atoms with Crippen molar-refractivity contribution in [2.24, 2.45) is 5.41 Å². The third kappa shape index (κ3) is 3.77. The lowest BCUT2D eigenvalue weighted by Crippen LogP contribution is -2.32. The largest absolute Gasteiger partial charge is 0.392 e. The van der Waals surface area contributed by atoms with E-state index in [1.165, 1.54) is 6.07 Å². The SMILES string of the molecule is CC(C)(C)CC(O)CNC1CCc2c(F)cccc21. The number of rotatable bonds is 4. The van der Waals surface area contributed by atoms with Gasteiger partial charge in [0, 0.05) is 12.6 Å². The highest BCUT2D eigenvalue weighted by Crippen LogP contribution is 2.32. The molecule has 0 radical (unpaired) electrons. The maximum absolute atomic E-state index is 13.6. The Balaban J connectivity index is 1.91. The van der Waals surface area contributed by atoms with E-state index in [4.69, 9.17) is 0 Å². The molecule has 2 nitrogen and oxygen atoms in total. The summed E-state index contributed by atoms with van der Waals surface area (Å²) in [5.41, 5.74) is 2.02. The van der Waals surface area contributed by atoms with Crippen molar-refractivity contribution >= 4 is 0 Å². The van der Waals surface area contributed by atoms with Crippen LogP contribution in [0.1, 0.15) is 50.8 Å². The first-order valence-electron chi connectivity index (χ1n) is 7.05. The molecule has 0 amide bonds. The summed E-state index contributed by atoms with van der Waals surface area (Å²) in [5.74, 6) is -0.1000. The van der Waals surface area contributed by atoms with Crippen molar-refractivity contribution in [1.29, 1.82) is 0 Å². The number of hydrogen-bond donors (Lipinski definition) is 2. The minimum absolute atomic E-state index is 0.1000. The van der Waals surface area contributed by atoms with Crippen LogP contribution in [0.4, 0.5) is 4.39 Å². The highest BCUT2D eigenvalue weighted by atomic mass is 19.1. The molecule has 1 aliphatic rings. The van der Waals surface area contributed by atoms with E-state index in [0.29, 0.717) is 6.54 Å². The van der Waals surface area contributed by atoms with Gasteiger partial charge in [0.05, 0.1) is 6.10 Å². The quantitative estimate of drug-likeness (QED) is 0.876. The number of benzene rings is 1. The first-order chi connectivity index (χ1) is 8.87. The Morgan fingerprint density at radius 1 is 1.42 bits per heavy atom. The number of halogens is 1. The van der Waals surface area contributed by atoms with Gasteiger partial charge in [0.1, 0.15) is 5.82 Å². The molecule has 2 N–H and O–H groups in total. The Kier molecular flexibility index (Phi) is 4.26. The Labute approximate surface area is 115 Å². The van der Waals surface area contributed by atoms with E-state index in [1.54, 1.807) is 6.07 Å². The minimum Gasteiger partial charge on any atom is -0.392 e. The molecule has 0 saturated heterocycles. The van der Waals surface area contributed by atoms with Crippen LogP contribution in [0.3, 0.4) is 0 Å². The summed E-state index contributed by atoms with van der Waals surface area (Å²) in [5, 5.41) is 13.4. The molecule has 0 aliphatic heterocycles. The number of hydrogen-bond acceptors (Lipinski definition) is 2. The molecule has 2 rings (SSSR count). The molecule has 0 fully saturated rings. The average Bonchev–Trinajstić information content (AvgIpc) is 2.69. The zero-order chi connectivity index (χ0) is 14.0. The summed E-state index contributed by atoms with van der Waals surface area (Å²) in [6, 6.07) is 5.45. The second kappa shape index (κ2) is 5.59. The predicted molar refractivity (Wildman–Crippen MR) is 75.5 cm³/mol. The van der Waals surface area contributed by atoms with Gasteiger partial charge in [-0.25, -0.2) is 4.39 Å². The summed E-state index contributed by atoms with van der Waals surface area (Å²) in [6.45, 7) is 6.93. The summed E-state index contributed by atoms with van der Waals surface area (Å²) in [7, 11) is 0. The molecule has 19 heavy (non-hydrogen) atoms. The molecular weight excluding hydrogens is 241 g/mol. The number of aliphatic hydroxyl groups excluding tert-OH is 1. The lowest BCUT2D eigenvalue weighted by atomic mass is 9.89. The van der Waals surface area contributed by atoms with Crippen molar-refractivity contribution in [3.8, 4) is 0 Å². The van der Waals surface area contributed by atoms with E-state index in [1.807, 2.05) is 6.07 Å². The van der Waals surface area contributed by atoms with Gasteiger partial charge in [0.25, 0.3) is 0 Å². The Bertz CT molecular complexity index is 439. The molecular formula is C16H24FNO. The van der Waals surface area contributed by atoms with E-state index in [9.17, 15) is 9.50 Å². The lowest BCUT2D eigenvalue weighted by molar-refractivity contribution is 0.116. The molecule has 106 valence electrons. The van der Waals surface area contributed by atoms with Crippen LogP contribution < -0.4 is 5.32 Å². The van der Waals surface area contributed by atoms with Crippen LogP contribution in [0.5, 0.6) is 0 Å². The molecule has 3 heteroatoms. The van der Waals surface area contributed by atoms with Gasteiger partial charge in [-0.2, -0.15) is 0 Å². The summed E-state index contributed by atoms with van der Waals surface area (Å²) in [4.78, 5) is 0. The highest BCUT2D eigenvalue weighted by molar-refractivity contribution is 5.35. The zero-order valence-electron chi connectivity index (χ0n) is 12.0. The molecule has 1 aromatic rings. The van der Waals surface area contributed by atoms with Gasteiger partial charge < -0.3 is 10.4 Å². The van der Waals surface area contributed by atoms with Crippen molar-refractivity contribution in [1.82, 2.24) is 5.32 Å². The van der Waals surface area contributed by atoms with E-state index in [-0.39, 0.29) is 23.4 Å². The van der Waals surface area contributed by atoms with E-state index in [0.717, 1.165) is 30.4 Å². The minimum atomic E-state index is -0.349. The zero-order valence-corrected chi connectivity index (χ0v) is 12.0. The van der Waals surface area contributed by atoms with Crippen LogP contribution in [0, 0.1) is 11.2 Å². The smallest absolute Gasteiger partial charge is 0.126 e. The van der Waals surface area contributed by atoms with Crippen LogP contribution in [-0.4, -0.2) is 17.8 Å². The number of nitrogens with one attached hydrogen (secondary N) is 1. The molecule has 2 atom stereocenters. The highest BCUT2D eigenvalue weighted by Gasteiger charge is 2.25. The van der Waals surface area contributed by atoms with Crippen LogP contribution in [0.15, 0.2) is 18.2 Å². The lowest BCUT2D eigenvalue weighted by Gasteiger charge is -2.24. The second-order valence-corrected chi connectivity index (χ2v) is 6.73. The maximum Gasteiger partial charge on any atom is 0.126 e. The van der Waals surface area contributed by atoms with Gasteiger partial charge in [-0.15, -0.1) is 0 Å². The van der Waals surface area contributed by atoms with Crippen LogP contribution in [-0.2, 0) is 6.42 Å². The Morgan fingerprint density at radius 3 is 2.84 bits per heavy atom. The van der Waals surface area contributed by atoms with Gasteiger partial charge in [-0.05, 0) is 41.9 Å². The van der Waals surface area contributed by atoms with Gasteiger partial charge >= 0.3 is 0 Å².